The van der Waals surface area contributed by atoms with E-state index < -0.39 is 0 Å². The van der Waals surface area contributed by atoms with Crippen molar-refractivity contribution in [1.82, 2.24) is 9.80 Å². The summed E-state index contributed by atoms with van der Waals surface area (Å²) in [5, 5.41) is 0. The predicted octanol–water partition coefficient (Wildman–Crippen LogP) is 1.94. The molecule has 2 saturated heterocycles. The number of nitrogens with zero attached hydrogens (tertiary/aromatic N) is 2. The number of carbonyl (C=O) groups excluding carboxylic acids is 2. The van der Waals surface area contributed by atoms with Gasteiger partial charge in [-0.2, -0.15) is 0 Å². The predicted molar refractivity (Wildman–Crippen MR) is 92.2 cm³/mol. The lowest BCUT2D eigenvalue weighted by Crippen LogP contribution is -2.54. The first kappa shape index (κ1) is 16.7. The quantitative estimate of drug-likeness (QED) is 0.797. The third-order valence-electron chi connectivity index (χ3n) is 4.61. The molecule has 24 heavy (non-hydrogen) atoms. The number of hydrogen-bond donors (Lipinski definition) is 0. The third kappa shape index (κ3) is 4.03. The normalized spacial score (nSPS) is 21.9. The van der Waals surface area contributed by atoms with Crippen molar-refractivity contribution in [3.8, 4) is 0 Å². The molecule has 1 atom stereocenters. The van der Waals surface area contributed by atoms with Crippen LogP contribution in [-0.4, -0.2) is 60.5 Å². The highest BCUT2D eigenvalue weighted by atomic mass is 16.5. The molecule has 0 saturated carbocycles. The first-order chi connectivity index (χ1) is 11.8. The number of carbonyl (C=O) groups is 2. The first-order valence-electron chi connectivity index (χ1n) is 8.66. The number of morpholine rings is 1. The Morgan fingerprint density at radius 1 is 1.04 bits per heavy atom. The van der Waals surface area contributed by atoms with Gasteiger partial charge in [0, 0.05) is 25.7 Å². The lowest BCUT2D eigenvalue weighted by Gasteiger charge is -2.38. The molecule has 1 aromatic carbocycles. The zero-order valence-corrected chi connectivity index (χ0v) is 13.9. The summed E-state index contributed by atoms with van der Waals surface area (Å²) >= 11 is 0. The van der Waals surface area contributed by atoms with Crippen LogP contribution < -0.4 is 0 Å². The molecule has 0 bridgehead atoms. The molecule has 0 aromatic heterocycles. The number of ether oxygens (including phenoxy) is 1. The Kier molecular flexibility index (Phi) is 5.64. The van der Waals surface area contributed by atoms with Gasteiger partial charge < -0.3 is 14.5 Å². The summed E-state index contributed by atoms with van der Waals surface area (Å²) in [6.07, 6.45) is 6.10. The summed E-state index contributed by atoms with van der Waals surface area (Å²) in [5.41, 5.74) is 0.985. The third-order valence-corrected chi connectivity index (χ3v) is 4.61. The smallest absolute Gasteiger partial charge is 0.247 e. The molecule has 2 amide bonds. The van der Waals surface area contributed by atoms with Crippen molar-refractivity contribution < 1.29 is 14.3 Å². The fourth-order valence-corrected chi connectivity index (χ4v) is 3.27. The number of amides is 2. The minimum absolute atomic E-state index is 0.0689. The second-order valence-electron chi connectivity index (χ2n) is 6.22. The Morgan fingerprint density at radius 2 is 1.79 bits per heavy atom. The van der Waals surface area contributed by atoms with Crippen LogP contribution in [0.2, 0.25) is 0 Å². The number of rotatable bonds is 3. The van der Waals surface area contributed by atoms with E-state index in [9.17, 15) is 9.59 Å². The molecule has 2 heterocycles. The van der Waals surface area contributed by atoms with E-state index >= 15 is 0 Å². The van der Waals surface area contributed by atoms with Crippen LogP contribution in [0.1, 0.15) is 24.8 Å². The van der Waals surface area contributed by atoms with Crippen molar-refractivity contribution in [2.24, 2.45) is 0 Å². The second kappa shape index (κ2) is 8.11. The average molecular weight is 328 g/mol. The van der Waals surface area contributed by atoms with Crippen molar-refractivity contribution in [2.45, 2.75) is 25.3 Å². The highest BCUT2D eigenvalue weighted by molar-refractivity contribution is 5.95. The van der Waals surface area contributed by atoms with Crippen LogP contribution >= 0.6 is 0 Å². The van der Waals surface area contributed by atoms with E-state index in [1.54, 1.807) is 11.0 Å². The number of benzene rings is 1. The Labute approximate surface area is 142 Å². The molecule has 2 aliphatic rings. The van der Waals surface area contributed by atoms with Gasteiger partial charge in [-0.1, -0.05) is 30.3 Å². The van der Waals surface area contributed by atoms with Crippen molar-refractivity contribution >= 4 is 17.9 Å². The maximum atomic E-state index is 12.8. The summed E-state index contributed by atoms with van der Waals surface area (Å²) in [5.74, 6) is -0.00961. The summed E-state index contributed by atoms with van der Waals surface area (Å²) in [6.45, 7) is 3.06. The zero-order valence-electron chi connectivity index (χ0n) is 13.9. The van der Waals surface area contributed by atoms with Gasteiger partial charge in [-0.25, -0.2) is 0 Å². The fraction of sp³-hybridized carbons (Fsp3) is 0.474. The lowest BCUT2D eigenvalue weighted by atomic mass is 10.00. The molecule has 0 spiro atoms. The summed E-state index contributed by atoms with van der Waals surface area (Å²) in [4.78, 5) is 29.0. The van der Waals surface area contributed by atoms with Crippen molar-refractivity contribution in [3.63, 3.8) is 0 Å². The monoisotopic (exact) mass is 328 g/mol. The van der Waals surface area contributed by atoms with Crippen LogP contribution in [0.5, 0.6) is 0 Å². The van der Waals surface area contributed by atoms with Crippen LogP contribution in [-0.2, 0) is 14.3 Å². The highest BCUT2D eigenvalue weighted by Crippen LogP contribution is 2.20. The first-order valence-corrected chi connectivity index (χ1v) is 8.66. The molecule has 5 heteroatoms. The van der Waals surface area contributed by atoms with E-state index in [2.05, 4.69) is 0 Å². The van der Waals surface area contributed by atoms with E-state index in [1.807, 2.05) is 41.3 Å². The maximum absolute atomic E-state index is 12.8. The van der Waals surface area contributed by atoms with Crippen LogP contribution in [0.4, 0.5) is 0 Å². The van der Waals surface area contributed by atoms with Gasteiger partial charge in [-0.05, 0) is 30.9 Å². The minimum atomic E-state index is -0.329. The Bertz CT molecular complexity index is 594. The van der Waals surface area contributed by atoms with E-state index in [0.717, 1.165) is 24.8 Å². The van der Waals surface area contributed by atoms with Crippen LogP contribution in [0.3, 0.4) is 0 Å². The molecule has 0 N–H and O–H groups in total. The van der Waals surface area contributed by atoms with Crippen molar-refractivity contribution in [1.29, 1.82) is 0 Å². The van der Waals surface area contributed by atoms with E-state index in [-0.39, 0.29) is 17.9 Å². The van der Waals surface area contributed by atoms with E-state index in [1.165, 1.54) is 0 Å². The molecular weight excluding hydrogens is 304 g/mol. The van der Waals surface area contributed by atoms with Gasteiger partial charge in [0.05, 0.1) is 13.2 Å². The van der Waals surface area contributed by atoms with Gasteiger partial charge in [0.2, 0.25) is 11.8 Å². The Balaban J connectivity index is 1.68. The van der Waals surface area contributed by atoms with E-state index in [0.29, 0.717) is 32.8 Å². The molecular formula is C19H24N2O3. The maximum Gasteiger partial charge on any atom is 0.247 e. The molecule has 128 valence electrons. The fourth-order valence-electron chi connectivity index (χ4n) is 3.27. The molecule has 1 aromatic rings. The SMILES string of the molecule is O=C([C@H]1CCCCN1C(=O)/C=C/c1ccccc1)N1CCOCC1. The average Bonchev–Trinajstić information content (AvgIpc) is 2.67. The summed E-state index contributed by atoms with van der Waals surface area (Å²) in [7, 11) is 0. The second-order valence-corrected chi connectivity index (χ2v) is 6.22. The van der Waals surface area contributed by atoms with Crippen LogP contribution in [0, 0.1) is 0 Å². The summed E-state index contributed by atoms with van der Waals surface area (Å²) < 4.78 is 5.31. The lowest BCUT2D eigenvalue weighted by molar-refractivity contribution is -0.148. The molecule has 2 fully saturated rings. The minimum Gasteiger partial charge on any atom is -0.378 e. The van der Waals surface area contributed by atoms with Gasteiger partial charge >= 0.3 is 0 Å². The van der Waals surface area contributed by atoms with Crippen molar-refractivity contribution in [2.75, 3.05) is 32.8 Å². The van der Waals surface area contributed by atoms with Crippen LogP contribution in [0.25, 0.3) is 6.08 Å². The standard InChI is InChI=1S/C19H24N2O3/c22-18(10-9-16-6-2-1-3-7-16)21-11-5-4-8-17(21)19(23)20-12-14-24-15-13-20/h1-3,6-7,9-10,17H,4-5,8,11-15H2/b10-9+/t17-/m1/s1. The summed E-state index contributed by atoms with van der Waals surface area (Å²) in [6, 6.07) is 9.41. The topological polar surface area (TPSA) is 49.9 Å². The van der Waals surface area contributed by atoms with Gasteiger partial charge in [0.1, 0.15) is 6.04 Å². The van der Waals surface area contributed by atoms with Gasteiger partial charge in [0.15, 0.2) is 0 Å². The molecule has 0 radical (unpaired) electrons. The number of hydrogen-bond acceptors (Lipinski definition) is 3. The number of piperidine rings is 1. The largest absolute Gasteiger partial charge is 0.378 e. The van der Waals surface area contributed by atoms with Gasteiger partial charge in [0.25, 0.3) is 0 Å². The van der Waals surface area contributed by atoms with Crippen LogP contribution in [0.15, 0.2) is 36.4 Å². The van der Waals surface area contributed by atoms with Gasteiger partial charge in [-0.15, -0.1) is 0 Å². The van der Waals surface area contributed by atoms with Gasteiger partial charge in [-0.3, -0.25) is 9.59 Å². The Morgan fingerprint density at radius 3 is 2.54 bits per heavy atom. The molecule has 3 rings (SSSR count). The molecule has 0 aliphatic carbocycles. The highest BCUT2D eigenvalue weighted by Gasteiger charge is 2.34. The Hall–Kier alpha value is -2.14. The molecule has 2 aliphatic heterocycles. The number of likely N-dealkylation sites (tertiary alicyclic amines) is 1. The van der Waals surface area contributed by atoms with Crippen molar-refractivity contribution in [3.05, 3.63) is 42.0 Å². The molecule has 0 unspecified atom stereocenters. The zero-order chi connectivity index (χ0) is 16.8. The molecule has 5 nitrogen and oxygen atoms in total. The van der Waals surface area contributed by atoms with E-state index in [4.69, 9.17) is 4.74 Å².